The first-order valence-electron chi connectivity index (χ1n) is 7.22. The highest BCUT2D eigenvalue weighted by Crippen LogP contribution is 2.34. The summed E-state index contributed by atoms with van der Waals surface area (Å²) in [5.41, 5.74) is 0.727. The Morgan fingerprint density at radius 1 is 1.42 bits per heavy atom. The Hall–Kier alpha value is -2.06. The third kappa shape index (κ3) is 4.27. The normalized spacial score (nSPS) is 15.9. The molecule has 1 fully saturated rings. The number of hydrogen-bond donors (Lipinski definition) is 0. The van der Waals surface area contributed by atoms with Crippen LogP contribution in [0.2, 0.25) is 0 Å². The number of benzene rings is 1. The Morgan fingerprint density at radius 2 is 2.17 bits per heavy atom. The monoisotopic (exact) mass is 366 g/mol. The molecule has 0 atom stereocenters. The van der Waals surface area contributed by atoms with Crippen LogP contribution in [0.3, 0.4) is 0 Å². The van der Waals surface area contributed by atoms with Crippen LogP contribution in [-0.4, -0.2) is 41.4 Å². The average Bonchev–Trinajstić information content (AvgIpc) is 2.80. The van der Waals surface area contributed by atoms with Gasteiger partial charge in [0.15, 0.2) is 11.5 Å². The Labute approximate surface area is 149 Å². The second kappa shape index (κ2) is 8.16. The second-order valence-electron chi connectivity index (χ2n) is 4.90. The van der Waals surface area contributed by atoms with Gasteiger partial charge in [-0.15, -0.1) is 0 Å². The Bertz CT molecular complexity index is 702. The fourth-order valence-corrected chi connectivity index (χ4v) is 3.28. The van der Waals surface area contributed by atoms with Gasteiger partial charge in [0.1, 0.15) is 4.32 Å². The molecule has 6 nitrogen and oxygen atoms in total. The summed E-state index contributed by atoms with van der Waals surface area (Å²) in [6, 6.07) is 5.30. The van der Waals surface area contributed by atoms with E-state index in [9.17, 15) is 14.7 Å². The maximum absolute atomic E-state index is 12.2. The molecule has 24 heavy (non-hydrogen) atoms. The summed E-state index contributed by atoms with van der Waals surface area (Å²) in [6.07, 6.45) is 2.52. The van der Waals surface area contributed by atoms with Gasteiger partial charge in [0, 0.05) is 0 Å². The van der Waals surface area contributed by atoms with Gasteiger partial charge in [-0.1, -0.05) is 37.0 Å². The molecule has 0 unspecified atom stereocenters. The van der Waals surface area contributed by atoms with Gasteiger partial charge in [-0.2, -0.15) is 0 Å². The lowest BCUT2D eigenvalue weighted by atomic mass is 10.2. The summed E-state index contributed by atoms with van der Waals surface area (Å²) >= 11 is 6.09. The molecule has 1 amide bonds. The summed E-state index contributed by atoms with van der Waals surface area (Å²) in [4.78, 5) is 24.3. The predicted octanol–water partition coefficient (Wildman–Crippen LogP) is 1.44. The topological polar surface area (TPSA) is 78.9 Å². The molecule has 2 rings (SSSR count). The van der Waals surface area contributed by atoms with Crippen molar-refractivity contribution in [3.05, 3.63) is 28.7 Å². The van der Waals surface area contributed by atoms with Gasteiger partial charge in [0.2, 0.25) is 0 Å². The van der Waals surface area contributed by atoms with Crippen molar-refractivity contribution in [2.24, 2.45) is 0 Å². The number of rotatable bonds is 7. The second-order valence-corrected chi connectivity index (χ2v) is 6.57. The van der Waals surface area contributed by atoms with Crippen molar-refractivity contribution in [1.82, 2.24) is 4.90 Å². The van der Waals surface area contributed by atoms with Gasteiger partial charge in [-0.3, -0.25) is 9.69 Å². The number of carbonyl (C=O) groups excluding carboxylic acids is 2. The predicted molar refractivity (Wildman–Crippen MR) is 93.7 cm³/mol. The van der Waals surface area contributed by atoms with Crippen LogP contribution in [0.1, 0.15) is 18.9 Å². The quantitative estimate of drug-likeness (QED) is 0.534. The molecule has 0 bridgehead atoms. The van der Waals surface area contributed by atoms with Crippen LogP contribution in [0.25, 0.3) is 6.08 Å². The van der Waals surface area contributed by atoms with Gasteiger partial charge >= 0.3 is 0 Å². The molecular formula is C16H16NO5S2-. The molecule has 1 aromatic rings. The summed E-state index contributed by atoms with van der Waals surface area (Å²) < 4.78 is 11.1. The molecule has 0 spiro atoms. The molecule has 1 saturated heterocycles. The molecule has 0 aliphatic carbocycles. The van der Waals surface area contributed by atoms with Crippen LogP contribution in [0.15, 0.2) is 23.1 Å². The zero-order valence-electron chi connectivity index (χ0n) is 13.2. The highest BCUT2D eigenvalue weighted by Gasteiger charge is 2.31. The number of carboxylic acid groups (broad SMARTS) is 1. The third-order valence-corrected chi connectivity index (χ3v) is 4.49. The summed E-state index contributed by atoms with van der Waals surface area (Å²) in [5, 5.41) is 10.7. The number of methoxy groups -OCH3 is 1. The van der Waals surface area contributed by atoms with E-state index in [1.165, 1.54) is 7.11 Å². The maximum atomic E-state index is 12.2. The average molecular weight is 366 g/mol. The third-order valence-electron chi connectivity index (χ3n) is 3.11. The number of nitrogens with zero attached hydrogens (tertiary/aromatic N) is 1. The van der Waals surface area contributed by atoms with E-state index >= 15 is 0 Å². The van der Waals surface area contributed by atoms with Crippen LogP contribution >= 0.6 is 24.0 Å². The van der Waals surface area contributed by atoms with Crippen molar-refractivity contribution in [3.8, 4) is 11.5 Å². The number of thiocarbonyl (C=S) groups is 1. The van der Waals surface area contributed by atoms with Gasteiger partial charge in [0.25, 0.3) is 5.91 Å². The maximum Gasteiger partial charge on any atom is 0.266 e. The standard InChI is InChI=1S/C16H17NO5S2/c1-3-6-22-11-5-4-10(7-12(11)21-2)8-13-15(20)17(9-14(18)19)16(23)24-13/h4-5,7-8H,3,6,9H2,1-2H3,(H,18,19)/p-1/b13-8-. The Balaban J connectivity index is 2.23. The molecule has 1 aromatic carbocycles. The number of aliphatic carboxylic acids is 1. The first-order chi connectivity index (χ1) is 11.5. The number of thioether (sulfide) groups is 1. The summed E-state index contributed by atoms with van der Waals surface area (Å²) in [7, 11) is 1.54. The summed E-state index contributed by atoms with van der Waals surface area (Å²) in [5.74, 6) is -0.616. The minimum absolute atomic E-state index is 0.199. The fourth-order valence-electron chi connectivity index (χ4n) is 2.02. The molecule has 0 radical (unpaired) electrons. The first kappa shape index (κ1) is 18.3. The molecule has 1 aliphatic heterocycles. The number of ether oxygens (including phenoxy) is 2. The zero-order valence-corrected chi connectivity index (χ0v) is 14.9. The van der Waals surface area contributed by atoms with Crippen LogP contribution in [-0.2, 0) is 9.59 Å². The van der Waals surface area contributed by atoms with E-state index in [1.54, 1.807) is 24.3 Å². The lowest BCUT2D eigenvalue weighted by molar-refractivity contribution is -0.305. The molecule has 0 saturated carbocycles. The van der Waals surface area contributed by atoms with E-state index in [0.717, 1.165) is 28.6 Å². The van der Waals surface area contributed by atoms with E-state index in [1.807, 2.05) is 6.92 Å². The van der Waals surface area contributed by atoms with Crippen molar-refractivity contribution < 1.29 is 24.2 Å². The van der Waals surface area contributed by atoms with Crippen LogP contribution in [0.5, 0.6) is 11.5 Å². The molecular weight excluding hydrogens is 350 g/mol. The lowest BCUT2D eigenvalue weighted by Gasteiger charge is -2.14. The molecule has 0 aromatic heterocycles. The van der Waals surface area contributed by atoms with E-state index in [-0.39, 0.29) is 4.32 Å². The number of hydrogen-bond acceptors (Lipinski definition) is 7. The van der Waals surface area contributed by atoms with Crippen molar-refractivity contribution in [1.29, 1.82) is 0 Å². The number of carboxylic acids is 1. The molecule has 1 heterocycles. The highest BCUT2D eigenvalue weighted by atomic mass is 32.2. The van der Waals surface area contributed by atoms with E-state index in [0.29, 0.717) is 23.0 Å². The van der Waals surface area contributed by atoms with Crippen LogP contribution in [0, 0.1) is 0 Å². The Kier molecular flexibility index (Phi) is 6.22. The van der Waals surface area contributed by atoms with E-state index in [4.69, 9.17) is 21.7 Å². The van der Waals surface area contributed by atoms with Crippen molar-refractivity contribution in [3.63, 3.8) is 0 Å². The molecule has 0 N–H and O–H groups in total. The lowest BCUT2D eigenvalue weighted by Crippen LogP contribution is -2.40. The van der Waals surface area contributed by atoms with Crippen molar-refractivity contribution >= 4 is 46.3 Å². The minimum Gasteiger partial charge on any atom is -0.548 e. The molecule has 128 valence electrons. The Morgan fingerprint density at radius 3 is 2.79 bits per heavy atom. The van der Waals surface area contributed by atoms with E-state index in [2.05, 4.69) is 0 Å². The van der Waals surface area contributed by atoms with Crippen molar-refractivity contribution in [2.75, 3.05) is 20.3 Å². The van der Waals surface area contributed by atoms with Crippen LogP contribution in [0.4, 0.5) is 0 Å². The molecule has 1 aliphatic rings. The van der Waals surface area contributed by atoms with Gasteiger partial charge in [0.05, 0.1) is 31.1 Å². The van der Waals surface area contributed by atoms with Gasteiger partial charge < -0.3 is 19.4 Å². The fraction of sp³-hybridized carbons (Fsp3) is 0.312. The summed E-state index contributed by atoms with van der Waals surface area (Å²) in [6.45, 7) is 2.04. The van der Waals surface area contributed by atoms with E-state index < -0.39 is 18.4 Å². The minimum atomic E-state index is -1.35. The smallest absolute Gasteiger partial charge is 0.266 e. The highest BCUT2D eigenvalue weighted by molar-refractivity contribution is 8.26. The first-order valence-corrected chi connectivity index (χ1v) is 8.44. The zero-order chi connectivity index (χ0) is 17.7. The SMILES string of the molecule is CCCOc1ccc(/C=C2\SC(=S)N(CC(=O)[O-])C2=O)cc1OC. The van der Waals surface area contributed by atoms with Crippen molar-refractivity contribution in [2.45, 2.75) is 13.3 Å². The number of amides is 1. The van der Waals surface area contributed by atoms with Gasteiger partial charge in [-0.05, 0) is 30.2 Å². The largest absolute Gasteiger partial charge is 0.548 e. The van der Waals surface area contributed by atoms with Crippen LogP contribution < -0.4 is 14.6 Å². The number of carbonyl (C=O) groups is 2. The molecule has 8 heteroatoms. The van der Waals surface area contributed by atoms with Gasteiger partial charge in [-0.25, -0.2) is 0 Å².